The molecule has 66 valence electrons. The maximum atomic E-state index is 11.2. The molecular weight excluding hydrogens is 188 g/mol. The van der Waals surface area contributed by atoms with Gasteiger partial charge in [0.15, 0.2) is 0 Å². The van der Waals surface area contributed by atoms with Gasteiger partial charge in [0, 0.05) is 11.6 Å². The minimum atomic E-state index is -0.339. The standard InChI is InChI=1S/C9H7ClN2O/c10-7-3-6(4-11)9(13)12-8(7)5-1-2-5/h3,5H,1-2H2,(H,12,13). The molecule has 13 heavy (non-hydrogen) atoms. The fourth-order valence-corrected chi connectivity index (χ4v) is 1.58. The lowest BCUT2D eigenvalue weighted by Gasteiger charge is -2.00. The van der Waals surface area contributed by atoms with E-state index in [1.165, 1.54) is 6.07 Å². The topological polar surface area (TPSA) is 56.6 Å². The van der Waals surface area contributed by atoms with Gasteiger partial charge in [-0.25, -0.2) is 0 Å². The predicted octanol–water partition coefficient (Wildman–Crippen LogP) is 1.78. The van der Waals surface area contributed by atoms with E-state index < -0.39 is 0 Å². The van der Waals surface area contributed by atoms with Crippen LogP contribution in [0.4, 0.5) is 0 Å². The molecule has 4 heteroatoms. The molecule has 0 bridgehead atoms. The smallest absolute Gasteiger partial charge is 0.266 e. The number of pyridine rings is 1. The first-order valence-corrected chi connectivity index (χ1v) is 4.43. The Labute approximate surface area is 80.0 Å². The van der Waals surface area contributed by atoms with Crippen molar-refractivity contribution in [2.45, 2.75) is 18.8 Å². The predicted molar refractivity (Wildman–Crippen MR) is 48.8 cm³/mol. The van der Waals surface area contributed by atoms with Crippen LogP contribution < -0.4 is 5.56 Å². The quantitative estimate of drug-likeness (QED) is 0.741. The molecule has 0 saturated heterocycles. The Hall–Kier alpha value is -1.27. The SMILES string of the molecule is N#Cc1cc(Cl)c(C2CC2)[nH]c1=O. The van der Waals surface area contributed by atoms with E-state index in [4.69, 9.17) is 16.9 Å². The third-order valence-electron chi connectivity index (χ3n) is 2.13. The van der Waals surface area contributed by atoms with E-state index in [0.717, 1.165) is 18.5 Å². The highest BCUT2D eigenvalue weighted by Gasteiger charge is 2.27. The largest absolute Gasteiger partial charge is 0.323 e. The van der Waals surface area contributed by atoms with Crippen molar-refractivity contribution in [3.8, 4) is 6.07 Å². The summed E-state index contributed by atoms with van der Waals surface area (Å²) < 4.78 is 0. The second-order valence-corrected chi connectivity index (χ2v) is 3.57. The molecule has 0 unspecified atom stereocenters. The lowest BCUT2D eigenvalue weighted by atomic mass is 10.2. The minimum Gasteiger partial charge on any atom is -0.323 e. The lowest BCUT2D eigenvalue weighted by molar-refractivity contribution is 0.995. The molecule has 0 atom stereocenters. The average Bonchev–Trinajstić information content (AvgIpc) is 2.91. The number of aromatic nitrogens is 1. The zero-order valence-electron chi connectivity index (χ0n) is 6.80. The molecule has 1 saturated carbocycles. The van der Waals surface area contributed by atoms with Crippen LogP contribution in [0, 0.1) is 11.3 Å². The van der Waals surface area contributed by atoms with Crippen LogP contribution in [-0.4, -0.2) is 4.98 Å². The summed E-state index contributed by atoms with van der Waals surface area (Å²) in [5, 5.41) is 9.06. The highest BCUT2D eigenvalue weighted by atomic mass is 35.5. The molecule has 1 aliphatic carbocycles. The first kappa shape index (κ1) is 8.33. The van der Waals surface area contributed by atoms with Crippen LogP contribution in [0.5, 0.6) is 0 Å². The number of hydrogen-bond donors (Lipinski definition) is 1. The Morgan fingerprint density at radius 1 is 1.62 bits per heavy atom. The van der Waals surface area contributed by atoms with Gasteiger partial charge in [-0.15, -0.1) is 0 Å². The Morgan fingerprint density at radius 3 is 2.85 bits per heavy atom. The van der Waals surface area contributed by atoms with E-state index in [1.807, 2.05) is 0 Å². The zero-order chi connectivity index (χ0) is 9.42. The van der Waals surface area contributed by atoms with Crippen molar-refractivity contribution >= 4 is 11.6 Å². The molecule has 1 fully saturated rings. The zero-order valence-corrected chi connectivity index (χ0v) is 7.56. The van der Waals surface area contributed by atoms with E-state index in [0.29, 0.717) is 10.9 Å². The lowest BCUT2D eigenvalue weighted by Crippen LogP contribution is -2.12. The van der Waals surface area contributed by atoms with Crippen molar-refractivity contribution in [3.05, 3.63) is 32.7 Å². The number of halogens is 1. The normalized spacial score (nSPS) is 15.4. The Morgan fingerprint density at radius 2 is 2.31 bits per heavy atom. The number of aromatic amines is 1. The Balaban J connectivity index is 2.57. The van der Waals surface area contributed by atoms with Crippen LogP contribution in [-0.2, 0) is 0 Å². The van der Waals surface area contributed by atoms with Gasteiger partial charge in [0.1, 0.15) is 11.6 Å². The van der Waals surface area contributed by atoms with E-state index in [9.17, 15) is 4.79 Å². The highest BCUT2D eigenvalue weighted by Crippen LogP contribution is 2.41. The highest BCUT2D eigenvalue weighted by molar-refractivity contribution is 6.31. The molecule has 0 aliphatic heterocycles. The van der Waals surface area contributed by atoms with Crippen molar-refractivity contribution in [3.63, 3.8) is 0 Å². The fraction of sp³-hybridized carbons (Fsp3) is 0.333. The molecule has 0 spiro atoms. The van der Waals surface area contributed by atoms with Gasteiger partial charge in [-0.3, -0.25) is 4.79 Å². The molecule has 1 heterocycles. The fourth-order valence-electron chi connectivity index (χ4n) is 1.27. The van der Waals surface area contributed by atoms with Crippen molar-refractivity contribution in [2.75, 3.05) is 0 Å². The second-order valence-electron chi connectivity index (χ2n) is 3.16. The van der Waals surface area contributed by atoms with Crippen molar-refractivity contribution < 1.29 is 0 Å². The molecule has 1 N–H and O–H groups in total. The maximum Gasteiger partial charge on any atom is 0.266 e. The molecule has 2 rings (SSSR count). The Kier molecular flexibility index (Phi) is 1.86. The molecule has 0 aromatic carbocycles. The van der Waals surface area contributed by atoms with Gasteiger partial charge in [0.25, 0.3) is 5.56 Å². The summed E-state index contributed by atoms with van der Waals surface area (Å²) in [5.41, 5.74) is 0.522. The minimum absolute atomic E-state index is 0.0781. The first-order valence-electron chi connectivity index (χ1n) is 4.05. The second kappa shape index (κ2) is 2.90. The van der Waals surface area contributed by atoms with Crippen molar-refractivity contribution in [1.82, 2.24) is 4.98 Å². The van der Waals surface area contributed by atoms with Gasteiger partial charge in [-0.2, -0.15) is 5.26 Å². The molecule has 1 aliphatic rings. The number of nitriles is 1. The van der Waals surface area contributed by atoms with Gasteiger partial charge in [0.2, 0.25) is 0 Å². The van der Waals surface area contributed by atoms with Crippen LogP contribution in [0.3, 0.4) is 0 Å². The maximum absolute atomic E-state index is 11.2. The molecule has 0 amide bonds. The summed E-state index contributed by atoms with van der Waals surface area (Å²) >= 11 is 5.89. The van der Waals surface area contributed by atoms with Gasteiger partial charge >= 0.3 is 0 Å². The summed E-state index contributed by atoms with van der Waals surface area (Å²) in [7, 11) is 0. The van der Waals surface area contributed by atoms with Gasteiger partial charge in [-0.1, -0.05) is 11.6 Å². The van der Waals surface area contributed by atoms with E-state index >= 15 is 0 Å². The van der Waals surface area contributed by atoms with Crippen LogP contribution in [0.15, 0.2) is 10.9 Å². The number of nitrogens with one attached hydrogen (secondary N) is 1. The summed E-state index contributed by atoms with van der Waals surface area (Å²) in [4.78, 5) is 13.9. The summed E-state index contributed by atoms with van der Waals surface area (Å²) in [6, 6.07) is 3.23. The first-order chi connectivity index (χ1) is 6.22. The van der Waals surface area contributed by atoms with Gasteiger partial charge < -0.3 is 4.98 Å². The number of H-pyrrole nitrogens is 1. The van der Waals surface area contributed by atoms with E-state index in [-0.39, 0.29) is 11.1 Å². The van der Waals surface area contributed by atoms with Crippen LogP contribution in [0.2, 0.25) is 5.02 Å². The van der Waals surface area contributed by atoms with Crippen LogP contribution >= 0.6 is 11.6 Å². The van der Waals surface area contributed by atoms with Crippen molar-refractivity contribution in [1.29, 1.82) is 5.26 Å². The summed E-state index contributed by atoms with van der Waals surface area (Å²) in [5.74, 6) is 0.396. The Bertz CT molecular complexity index is 440. The van der Waals surface area contributed by atoms with E-state index in [2.05, 4.69) is 4.98 Å². The summed E-state index contributed by atoms with van der Waals surface area (Å²) in [6.07, 6.45) is 2.14. The molecule has 1 aromatic rings. The van der Waals surface area contributed by atoms with Crippen molar-refractivity contribution in [2.24, 2.45) is 0 Å². The molecular formula is C9H7ClN2O. The number of rotatable bonds is 1. The van der Waals surface area contributed by atoms with Crippen LogP contribution in [0.1, 0.15) is 30.0 Å². The van der Waals surface area contributed by atoms with Gasteiger partial charge in [0.05, 0.1) is 5.02 Å². The van der Waals surface area contributed by atoms with E-state index in [1.54, 1.807) is 6.07 Å². The average molecular weight is 195 g/mol. The monoisotopic (exact) mass is 194 g/mol. The summed E-state index contributed by atoms with van der Waals surface area (Å²) in [6.45, 7) is 0. The van der Waals surface area contributed by atoms with Gasteiger partial charge in [-0.05, 0) is 18.9 Å². The van der Waals surface area contributed by atoms with Crippen LogP contribution in [0.25, 0.3) is 0 Å². The third kappa shape index (κ3) is 1.45. The number of hydrogen-bond acceptors (Lipinski definition) is 2. The molecule has 0 radical (unpaired) electrons. The molecule has 3 nitrogen and oxygen atoms in total. The molecule has 1 aromatic heterocycles. The third-order valence-corrected chi connectivity index (χ3v) is 2.44. The number of nitrogens with zero attached hydrogens (tertiary/aromatic N) is 1.